The Kier molecular flexibility index (Phi) is 6.20. The number of nitrogens with zero attached hydrogens (tertiary/aromatic N) is 3. The number of ketones is 1. The van der Waals surface area contributed by atoms with Crippen LogP contribution in [0.2, 0.25) is 0 Å². The summed E-state index contributed by atoms with van der Waals surface area (Å²) in [5.41, 5.74) is 2.88. The maximum atomic E-state index is 12.4. The minimum atomic E-state index is 0.0778. The van der Waals surface area contributed by atoms with Gasteiger partial charge in [-0.05, 0) is 13.0 Å². The Balaban J connectivity index is 1.81. The Morgan fingerprint density at radius 2 is 1.92 bits per heavy atom. The predicted octanol–water partition coefficient (Wildman–Crippen LogP) is 3.87. The van der Waals surface area contributed by atoms with Gasteiger partial charge < -0.3 is 4.74 Å². The number of benzene rings is 2. The van der Waals surface area contributed by atoms with Crippen molar-refractivity contribution < 1.29 is 9.53 Å². The number of carbonyl (C=O) groups excluding carboxylic acids is 1. The van der Waals surface area contributed by atoms with E-state index in [1.807, 2.05) is 60.0 Å². The molecular weight excluding hydrogens is 346 g/mol. The smallest absolute Gasteiger partial charge is 0.192 e. The van der Waals surface area contributed by atoms with Gasteiger partial charge in [-0.2, -0.15) is 0 Å². The highest BCUT2D eigenvalue weighted by molar-refractivity contribution is 7.99. The molecule has 0 fully saturated rings. The van der Waals surface area contributed by atoms with Crippen molar-refractivity contribution in [2.75, 3.05) is 19.5 Å². The van der Waals surface area contributed by atoms with E-state index >= 15 is 0 Å². The van der Waals surface area contributed by atoms with Crippen LogP contribution in [0.3, 0.4) is 0 Å². The average Bonchev–Trinajstić information content (AvgIpc) is 3.08. The first-order valence-electron chi connectivity index (χ1n) is 8.39. The van der Waals surface area contributed by atoms with Gasteiger partial charge in [-0.3, -0.25) is 9.36 Å². The number of ether oxygens (including phenoxy) is 1. The lowest BCUT2D eigenvalue weighted by atomic mass is 10.1. The fourth-order valence-electron chi connectivity index (χ4n) is 2.61. The first kappa shape index (κ1) is 18.4. The quantitative estimate of drug-likeness (QED) is 0.447. The number of hydrogen-bond donors (Lipinski definition) is 0. The molecule has 0 radical (unpaired) electrons. The van der Waals surface area contributed by atoms with Gasteiger partial charge in [0.15, 0.2) is 16.8 Å². The molecule has 0 saturated carbocycles. The molecule has 6 heteroatoms. The van der Waals surface area contributed by atoms with Crippen molar-refractivity contribution >= 4 is 17.5 Å². The lowest BCUT2D eigenvalue weighted by Crippen LogP contribution is -2.09. The standard InChI is InChI=1S/C20H21N3O2S/c1-15-7-6-10-17(13-15)19-21-22-20(23(19)11-12-25-2)26-14-18(24)16-8-4-3-5-9-16/h3-10,13H,11-12,14H2,1-2H3. The number of thioether (sulfide) groups is 1. The molecule has 0 atom stereocenters. The van der Waals surface area contributed by atoms with E-state index in [1.165, 1.54) is 11.8 Å². The van der Waals surface area contributed by atoms with Crippen molar-refractivity contribution in [3.8, 4) is 11.4 Å². The Hall–Kier alpha value is -2.44. The average molecular weight is 367 g/mol. The van der Waals surface area contributed by atoms with Gasteiger partial charge in [-0.15, -0.1) is 10.2 Å². The largest absolute Gasteiger partial charge is 0.383 e. The third-order valence-corrected chi connectivity index (χ3v) is 4.91. The van der Waals surface area contributed by atoms with Crippen LogP contribution in [-0.2, 0) is 11.3 Å². The van der Waals surface area contributed by atoms with Crippen LogP contribution < -0.4 is 0 Å². The number of rotatable bonds is 8. The molecule has 0 aliphatic carbocycles. The summed E-state index contributed by atoms with van der Waals surface area (Å²) in [5, 5.41) is 9.39. The first-order valence-corrected chi connectivity index (χ1v) is 9.38. The monoisotopic (exact) mass is 367 g/mol. The lowest BCUT2D eigenvalue weighted by molar-refractivity contribution is 0.102. The number of carbonyl (C=O) groups is 1. The molecule has 0 N–H and O–H groups in total. The van der Waals surface area contributed by atoms with Crippen molar-refractivity contribution in [2.24, 2.45) is 0 Å². The highest BCUT2D eigenvalue weighted by atomic mass is 32.2. The number of aromatic nitrogens is 3. The zero-order valence-electron chi connectivity index (χ0n) is 14.9. The van der Waals surface area contributed by atoms with Crippen LogP contribution >= 0.6 is 11.8 Å². The van der Waals surface area contributed by atoms with Crippen LogP contribution in [0.4, 0.5) is 0 Å². The Morgan fingerprint density at radius 1 is 1.12 bits per heavy atom. The molecule has 0 bridgehead atoms. The van der Waals surface area contributed by atoms with Crippen LogP contribution in [0.5, 0.6) is 0 Å². The molecule has 134 valence electrons. The van der Waals surface area contributed by atoms with Crippen molar-refractivity contribution in [2.45, 2.75) is 18.6 Å². The number of hydrogen-bond acceptors (Lipinski definition) is 5. The van der Waals surface area contributed by atoms with Gasteiger partial charge in [0.25, 0.3) is 0 Å². The van der Waals surface area contributed by atoms with Gasteiger partial charge in [0.2, 0.25) is 0 Å². The van der Waals surface area contributed by atoms with E-state index in [0.717, 1.165) is 22.1 Å². The summed E-state index contributed by atoms with van der Waals surface area (Å²) in [4.78, 5) is 12.4. The first-order chi connectivity index (χ1) is 12.7. The van der Waals surface area contributed by atoms with Crippen LogP contribution in [0.25, 0.3) is 11.4 Å². The van der Waals surface area contributed by atoms with E-state index < -0.39 is 0 Å². The zero-order valence-corrected chi connectivity index (χ0v) is 15.7. The second kappa shape index (κ2) is 8.78. The summed E-state index contributed by atoms with van der Waals surface area (Å²) in [7, 11) is 1.67. The molecule has 0 unspecified atom stereocenters. The fraction of sp³-hybridized carbons (Fsp3) is 0.250. The Bertz CT molecular complexity index is 878. The topological polar surface area (TPSA) is 57.0 Å². The minimum Gasteiger partial charge on any atom is -0.383 e. The summed E-state index contributed by atoms with van der Waals surface area (Å²) < 4.78 is 7.24. The summed E-state index contributed by atoms with van der Waals surface area (Å²) >= 11 is 1.40. The second-order valence-corrected chi connectivity index (χ2v) is 6.84. The van der Waals surface area contributed by atoms with E-state index in [4.69, 9.17) is 4.74 Å². The fourth-order valence-corrected chi connectivity index (χ4v) is 3.47. The number of Topliss-reactive ketones (excluding diaryl/α,β-unsaturated/α-hetero) is 1. The van der Waals surface area contributed by atoms with E-state index in [2.05, 4.69) is 16.3 Å². The molecule has 0 saturated heterocycles. The molecule has 26 heavy (non-hydrogen) atoms. The third kappa shape index (κ3) is 4.39. The molecule has 0 spiro atoms. The van der Waals surface area contributed by atoms with Crippen molar-refractivity contribution in [3.63, 3.8) is 0 Å². The van der Waals surface area contributed by atoms with Gasteiger partial charge in [-0.25, -0.2) is 0 Å². The summed E-state index contributed by atoms with van der Waals surface area (Å²) in [6.07, 6.45) is 0. The molecule has 3 aromatic rings. The van der Waals surface area contributed by atoms with Gasteiger partial charge in [0.05, 0.1) is 18.9 Å². The zero-order chi connectivity index (χ0) is 18.4. The molecule has 5 nitrogen and oxygen atoms in total. The minimum absolute atomic E-state index is 0.0778. The molecular formula is C20H21N3O2S. The summed E-state index contributed by atoms with van der Waals surface area (Å²) in [6.45, 7) is 3.24. The van der Waals surface area contributed by atoms with E-state index in [0.29, 0.717) is 24.5 Å². The maximum Gasteiger partial charge on any atom is 0.192 e. The normalized spacial score (nSPS) is 10.8. The summed E-state index contributed by atoms with van der Waals surface area (Å²) in [6, 6.07) is 17.5. The van der Waals surface area contributed by atoms with Crippen molar-refractivity contribution in [1.82, 2.24) is 14.8 Å². The van der Waals surface area contributed by atoms with E-state index in [-0.39, 0.29) is 5.78 Å². The third-order valence-electron chi connectivity index (χ3n) is 3.94. The maximum absolute atomic E-state index is 12.4. The van der Waals surface area contributed by atoms with E-state index in [9.17, 15) is 4.79 Å². The van der Waals surface area contributed by atoms with Gasteiger partial charge in [0, 0.05) is 18.2 Å². The Labute approximate surface area is 157 Å². The molecule has 0 amide bonds. The highest BCUT2D eigenvalue weighted by Crippen LogP contribution is 2.25. The number of methoxy groups -OCH3 is 1. The molecule has 0 aliphatic heterocycles. The van der Waals surface area contributed by atoms with Crippen molar-refractivity contribution in [1.29, 1.82) is 0 Å². The van der Waals surface area contributed by atoms with Crippen LogP contribution in [0, 0.1) is 6.92 Å². The van der Waals surface area contributed by atoms with E-state index in [1.54, 1.807) is 7.11 Å². The molecule has 3 rings (SSSR count). The molecule has 1 aromatic heterocycles. The second-order valence-electron chi connectivity index (χ2n) is 5.90. The van der Waals surface area contributed by atoms with Gasteiger partial charge in [-0.1, -0.05) is 65.9 Å². The number of aryl methyl sites for hydroxylation is 1. The van der Waals surface area contributed by atoms with Gasteiger partial charge in [0.1, 0.15) is 0 Å². The Morgan fingerprint density at radius 3 is 2.65 bits per heavy atom. The van der Waals surface area contributed by atoms with Crippen molar-refractivity contribution in [3.05, 3.63) is 65.7 Å². The molecule has 0 aliphatic rings. The molecule has 2 aromatic carbocycles. The van der Waals surface area contributed by atoms with Crippen LogP contribution in [-0.4, -0.2) is 40.0 Å². The highest BCUT2D eigenvalue weighted by Gasteiger charge is 2.16. The molecule has 1 heterocycles. The van der Waals surface area contributed by atoms with Crippen LogP contribution in [0.1, 0.15) is 15.9 Å². The predicted molar refractivity (Wildman–Crippen MR) is 104 cm³/mol. The summed E-state index contributed by atoms with van der Waals surface area (Å²) in [5.74, 6) is 1.19. The SMILES string of the molecule is COCCn1c(SCC(=O)c2ccccc2)nnc1-c1cccc(C)c1. The van der Waals surface area contributed by atoms with Crippen LogP contribution in [0.15, 0.2) is 59.8 Å². The van der Waals surface area contributed by atoms with Gasteiger partial charge >= 0.3 is 0 Å². The lowest BCUT2D eigenvalue weighted by Gasteiger charge is -2.10.